The van der Waals surface area contributed by atoms with Crippen LogP contribution in [0.3, 0.4) is 0 Å². The number of hydrogen-bond donors (Lipinski definition) is 0. The van der Waals surface area contributed by atoms with Gasteiger partial charge < -0.3 is 0 Å². The maximum absolute atomic E-state index is 8.88. The van der Waals surface area contributed by atoms with E-state index in [0.29, 0.717) is 5.92 Å². The maximum Gasteiger partial charge on any atom is 0.143 e. The molecule has 0 bridgehead atoms. The molecule has 0 atom stereocenters. The van der Waals surface area contributed by atoms with Crippen LogP contribution in [-0.4, -0.2) is 9.78 Å². The molecule has 70 valence electrons. The van der Waals surface area contributed by atoms with Crippen molar-refractivity contribution in [1.29, 1.82) is 5.26 Å². The van der Waals surface area contributed by atoms with Crippen LogP contribution in [0.15, 0.2) is 12.4 Å². The van der Waals surface area contributed by atoms with Gasteiger partial charge in [0.15, 0.2) is 0 Å². The monoisotopic (exact) mass is 177 g/mol. The van der Waals surface area contributed by atoms with Crippen LogP contribution >= 0.6 is 0 Å². The van der Waals surface area contributed by atoms with Gasteiger partial charge in [0.1, 0.15) is 5.54 Å². The Morgan fingerprint density at radius 1 is 1.54 bits per heavy atom. The van der Waals surface area contributed by atoms with Crippen LogP contribution in [0.4, 0.5) is 0 Å². The largest absolute Gasteiger partial charge is 0.253 e. The van der Waals surface area contributed by atoms with Gasteiger partial charge in [-0.25, -0.2) is 0 Å². The quantitative estimate of drug-likeness (QED) is 0.695. The molecule has 0 radical (unpaired) electrons. The molecule has 0 unspecified atom stereocenters. The first-order valence-corrected chi connectivity index (χ1v) is 4.43. The highest BCUT2D eigenvalue weighted by Crippen LogP contribution is 2.17. The Kier molecular flexibility index (Phi) is 2.42. The lowest BCUT2D eigenvalue weighted by Gasteiger charge is -2.15. The molecule has 3 heteroatoms. The summed E-state index contributed by atoms with van der Waals surface area (Å²) in [6.45, 7) is 7.93. The summed E-state index contributed by atoms with van der Waals surface area (Å²) in [6, 6.07) is 2.21. The van der Waals surface area contributed by atoms with E-state index in [1.54, 1.807) is 4.68 Å². The van der Waals surface area contributed by atoms with Crippen molar-refractivity contribution >= 4 is 0 Å². The van der Waals surface area contributed by atoms with Gasteiger partial charge in [0.05, 0.1) is 12.3 Å². The van der Waals surface area contributed by atoms with E-state index in [9.17, 15) is 0 Å². The molecule has 1 heterocycles. The molecule has 13 heavy (non-hydrogen) atoms. The fourth-order valence-corrected chi connectivity index (χ4v) is 0.992. The van der Waals surface area contributed by atoms with Crippen LogP contribution < -0.4 is 0 Å². The van der Waals surface area contributed by atoms with Crippen LogP contribution in [0.5, 0.6) is 0 Å². The van der Waals surface area contributed by atoms with Gasteiger partial charge in [0.2, 0.25) is 0 Å². The predicted octanol–water partition coefficient (Wildman–Crippen LogP) is 2.27. The average Bonchev–Trinajstić information content (AvgIpc) is 2.52. The van der Waals surface area contributed by atoms with E-state index in [2.05, 4.69) is 25.0 Å². The summed E-state index contributed by atoms with van der Waals surface area (Å²) in [5, 5.41) is 13.1. The third kappa shape index (κ3) is 1.89. The lowest BCUT2D eigenvalue weighted by atomic mass is 10.1. The van der Waals surface area contributed by atoms with E-state index in [1.165, 1.54) is 5.56 Å². The number of nitrogens with zero attached hydrogens (tertiary/aromatic N) is 3. The average molecular weight is 177 g/mol. The van der Waals surface area contributed by atoms with Crippen molar-refractivity contribution < 1.29 is 0 Å². The van der Waals surface area contributed by atoms with Crippen molar-refractivity contribution in [1.82, 2.24) is 9.78 Å². The number of aromatic nitrogens is 2. The first-order valence-electron chi connectivity index (χ1n) is 4.43. The van der Waals surface area contributed by atoms with Gasteiger partial charge in [0.25, 0.3) is 0 Å². The van der Waals surface area contributed by atoms with E-state index in [4.69, 9.17) is 5.26 Å². The van der Waals surface area contributed by atoms with Gasteiger partial charge in [0, 0.05) is 6.20 Å². The molecule has 0 aliphatic heterocycles. The van der Waals surface area contributed by atoms with Gasteiger partial charge in [-0.1, -0.05) is 13.8 Å². The summed E-state index contributed by atoms with van der Waals surface area (Å²) < 4.78 is 1.71. The summed E-state index contributed by atoms with van der Waals surface area (Å²) >= 11 is 0. The summed E-state index contributed by atoms with van der Waals surface area (Å²) in [4.78, 5) is 0. The van der Waals surface area contributed by atoms with Crippen LogP contribution in [-0.2, 0) is 5.54 Å². The molecule has 0 saturated heterocycles. The van der Waals surface area contributed by atoms with Crippen molar-refractivity contribution in [2.75, 3.05) is 0 Å². The molecule has 0 saturated carbocycles. The summed E-state index contributed by atoms with van der Waals surface area (Å²) in [6.07, 6.45) is 3.76. The van der Waals surface area contributed by atoms with Crippen molar-refractivity contribution in [3.63, 3.8) is 0 Å². The summed E-state index contributed by atoms with van der Waals surface area (Å²) in [5.41, 5.74) is 0.621. The summed E-state index contributed by atoms with van der Waals surface area (Å²) in [7, 11) is 0. The van der Waals surface area contributed by atoms with Gasteiger partial charge >= 0.3 is 0 Å². The highest BCUT2D eigenvalue weighted by molar-refractivity contribution is 5.12. The van der Waals surface area contributed by atoms with Crippen molar-refractivity contribution in [3.8, 4) is 6.07 Å². The Morgan fingerprint density at radius 2 is 2.15 bits per heavy atom. The molecule has 1 aromatic rings. The standard InChI is InChI=1S/C10H15N3/c1-8(2)9-5-12-13(6-9)10(3,4)7-11/h5-6,8H,1-4H3. The van der Waals surface area contributed by atoms with Crippen molar-refractivity contribution in [2.24, 2.45) is 0 Å². The van der Waals surface area contributed by atoms with E-state index in [1.807, 2.05) is 26.2 Å². The second-order valence-corrected chi connectivity index (χ2v) is 4.04. The van der Waals surface area contributed by atoms with Gasteiger partial charge in [-0.2, -0.15) is 10.4 Å². The lowest BCUT2D eigenvalue weighted by Crippen LogP contribution is -2.24. The van der Waals surface area contributed by atoms with Crippen molar-refractivity contribution in [3.05, 3.63) is 18.0 Å². The minimum absolute atomic E-state index is 0.461. The fourth-order valence-electron chi connectivity index (χ4n) is 0.992. The van der Waals surface area contributed by atoms with Crippen LogP contribution in [0, 0.1) is 11.3 Å². The van der Waals surface area contributed by atoms with E-state index in [0.717, 1.165) is 0 Å². The minimum Gasteiger partial charge on any atom is -0.253 e. The van der Waals surface area contributed by atoms with Gasteiger partial charge in [-0.3, -0.25) is 4.68 Å². The smallest absolute Gasteiger partial charge is 0.143 e. The zero-order valence-corrected chi connectivity index (χ0v) is 8.57. The zero-order chi connectivity index (χ0) is 10.1. The predicted molar refractivity (Wildman–Crippen MR) is 51.3 cm³/mol. The Bertz CT molecular complexity index is 328. The molecule has 0 amide bonds. The second-order valence-electron chi connectivity index (χ2n) is 4.04. The highest BCUT2D eigenvalue weighted by Gasteiger charge is 2.20. The van der Waals surface area contributed by atoms with Gasteiger partial charge in [-0.05, 0) is 25.3 Å². The third-order valence-electron chi connectivity index (χ3n) is 2.12. The fraction of sp³-hybridized carbons (Fsp3) is 0.600. The second kappa shape index (κ2) is 3.21. The lowest BCUT2D eigenvalue weighted by molar-refractivity contribution is 0.418. The Morgan fingerprint density at radius 3 is 2.54 bits per heavy atom. The minimum atomic E-state index is -0.548. The van der Waals surface area contributed by atoms with Crippen LogP contribution in [0.2, 0.25) is 0 Å². The molecule has 3 nitrogen and oxygen atoms in total. The Balaban J connectivity index is 3.00. The molecular formula is C10H15N3. The summed E-state index contributed by atoms with van der Waals surface area (Å²) in [5.74, 6) is 0.461. The molecule has 0 N–H and O–H groups in total. The molecule has 0 aromatic carbocycles. The SMILES string of the molecule is CC(C)c1cnn(C(C)(C)C#N)c1. The topological polar surface area (TPSA) is 41.6 Å². The third-order valence-corrected chi connectivity index (χ3v) is 2.12. The maximum atomic E-state index is 8.88. The zero-order valence-electron chi connectivity index (χ0n) is 8.57. The number of rotatable bonds is 2. The van der Waals surface area contributed by atoms with Crippen LogP contribution in [0.1, 0.15) is 39.2 Å². The molecule has 1 rings (SSSR count). The first-order chi connectivity index (χ1) is 5.97. The van der Waals surface area contributed by atoms with E-state index < -0.39 is 5.54 Å². The molecule has 0 fully saturated rings. The molecule has 0 aliphatic carbocycles. The number of hydrogen-bond acceptors (Lipinski definition) is 2. The Hall–Kier alpha value is -1.30. The molecule has 1 aromatic heterocycles. The normalized spacial score (nSPS) is 11.7. The van der Waals surface area contributed by atoms with E-state index in [-0.39, 0.29) is 0 Å². The molecular weight excluding hydrogens is 162 g/mol. The Labute approximate surface area is 79.0 Å². The van der Waals surface area contributed by atoms with Crippen molar-refractivity contribution in [2.45, 2.75) is 39.2 Å². The van der Waals surface area contributed by atoms with E-state index >= 15 is 0 Å². The molecule has 0 spiro atoms. The molecule has 0 aliphatic rings. The first kappa shape index (κ1) is 9.79. The number of nitriles is 1. The highest BCUT2D eigenvalue weighted by atomic mass is 15.3. The van der Waals surface area contributed by atoms with Crippen LogP contribution in [0.25, 0.3) is 0 Å². The van der Waals surface area contributed by atoms with Gasteiger partial charge in [-0.15, -0.1) is 0 Å².